The van der Waals surface area contributed by atoms with Gasteiger partial charge in [-0.3, -0.25) is 9.69 Å². The van der Waals surface area contributed by atoms with Crippen LogP contribution in [0.4, 0.5) is 0 Å². The number of carbonyl (C=O) groups excluding carboxylic acids is 1. The van der Waals surface area contributed by atoms with Crippen LogP contribution in [0.2, 0.25) is 0 Å². The highest BCUT2D eigenvalue weighted by Crippen LogP contribution is 2.26. The Hall–Kier alpha value is -1.76. The largest absolute Gasteiger partial charge is 0.379 e. The minimum atomic E-state index is 0.168. The lowest BCUT2D eigenvalue weighted by molar-refractivity contribution is 0.0341. The smallest absolute Gasteiger partial charge is 0.265 e. The third kappa shape index (κ3) is 4.80. The molecule has 1 aromatic heterocycles. The normalized spacial score (nSPS) is 19.1. The zero-order valence-corrected chi connectivity index (χ0v) is 17.4. The molecular weight excluding hydrogens is 370 g/mol. The fraction of sp³-hybridized carbons (Fsp3) is 0.545. The van der Waals surface area contributed by atoms with Gasteiger partial charge in [0.25, 0.3) is 5.91 Å². The molecule has 0 N–H and O–H groups in total. The Bertz CT molecular complexity index is 778. The minimum absolute atomic E-state index is 0.168. The molecule has 28 heavy (non-hydrogen) atoms. The van der Waals surface area contributed by atoms with E-state index in [9.17, 15) is 4.79 Å². The Morgan fingerprint density at radius 2 is 1.86 bits per heavy atom. The van der Waals surface area contributed by atoms with Crippen LogP contribution in [-0.2, 0) is 17.7 Å². The van der Waals surface area contributed by atoms with Gasteiger partial charge in [0, 0.05) is 26.2 Å². The number of hydrogen-bond acceptors (Lipinski definition) is 5. The number of morpholine rings is 1. The van der Waals surface area contributed by atoms with Gasteiger partial charge in [-0.05, 0) is 37.7 Å². The van der Waals surface area contributed by atoms with Crippen molar-refractivity contribution < 1.29 is 9.53 Å². The van der Waals surface area contributed by atoms with E-state index in [1.807, 2.05) is 11.8 Å². The van der Waals surface area contributed by atoms with Crippen LogP contribution < -0.4 is 0 Å². The molecule has 5 nitrogen and oxygen atoms in total. The van der Waals surface area contributed by atoms with E-state index < -0.39 is 0 Å². The highest BCUT2D eigenvalue weighted by molar-refractivity contribution is 7.13. The first kappa shape index (κ1) is 19.6. The van der Waals surface area contributed by atoms with Gasteiger partial charge in [0.1, 0.15) is 9.88 Å². The maximum Gasteiger partial charge on any atom is 0.265 e. The van der Waals surface area contributed by atoms with Gasteiger partial charge in [-0.15, -0.1) is 11.3 Å². The van der Waals surface area contributed by atoms with Crippen LogP contribution in [0, 0.1) is 12.8 Å². The molecule has 0 unspecified atom stereocenters. The molecule has 1 aromatic carbocycles. The molecule has 0 saturated carbocycles. The van der Waals surface area contributed by atoms with Crippen LogP contribution in [0.5, 0.6) is 0 Å². The molecule has 3 heterocycles. The maximum atomic E-state index is 13.1. The molecule has 2 saturated heterocycles. The second kappa shape index (κ2) is 9.16. The molecule has 0 radical (unpaired) electrons. The number of aryl methyl sites for hydroxylation is 1. The number of thiazole rings is 1. The number of nitrogens with zero attached hydrogens (tertiary/aromatic N) is 3. The van der Waals surface area contributed by atoms with Crippen molar-refractivity contribution >= 4 is 17.2 Å². The van der Waals surface area contributed by atoms with Crippen molar-refractivity contribution in [1.82, 2.24) is 14.8 Å². The van der Waals surface area contributed by atoms with E-state index in [1.54, 1.807) is 11.3 Å². The maximum absolute atomic E-state index is 13.1. The molecule has 0 atom stereocenters. The molecule has 1 amide bonds. The zero-order chi connectivity index (χ0) is 19.3. The van der Waals surface area contributed by atoms with E-state index in [2.05, 4.69) is 40.2 Å². The third-order valence-corrected chi connectivity index (χ3v) is 6.90. The van der Waals surface area contributed by atoms with Crippen molar-refractivity contribution in [2.75, 3.05) is 39.4 Å². The highest BCUT2D eigenvalue weighted by atomic mass is 32.1. The first-order chi connectivity index (χ1) is 13.7. The predicted molar refractivity (Wildman–Crippen MR) is 112 cm³/mol. The number of likely N-dealkylation sites (tertiary alicyclic amines) is 1. The van der Waals surface area contributed by atoms with Crippen molar-refractivity contribution in [3.63, 3.8) is 0 Å². The molecule has 2 aliphatic heterocycles. The summed E-state index contributed by atoms with van der Waals surface area (Å²) >= 11 is 1.57. The first-order valence-corrected chi connectivity index (χ1v) is 11.1. The zero-order valence-electron chi connectivity index (χ0n) is 16.6. The molecule has 0 spiro atoms. The summed E-state index contributed by atoms with van der Waals surface area (Å²) in [4.78, 5) is 22.9. The van der Waals surface area contributed by atoms with Gasteiger partial charge in [0.15, 0.2) is 0 Å². The van der Waals surface area contributed by atoms with E-state index in [1.165, 1.54) is 5.56 Å². The summed E-state index contributed by atoms with van der Waals surface area (Å²) in [6.45, 7) is 7.95. The molecule has 2 aromatic rings. The minimum Gasteiger partial charge on any atom is -0.379 e. The Balaban J connectivity index is 1.32. The number of carbonyl (C=O) groups is 1. The summed E-state index contributed by atoms with van der Waals surface area (Å²) in [5, 5.41) is 1.04. The monoisotopic (exact) mass is 399 g/mol. The number of piperidine rings is 1. The first-order valence-electron chi connectivity index (χ1n) is 10.3. The number of hydrogen-bond donors (Lipinski definition) is 0. The van der Waals surface area contributed by atoms with Gasteiger partial charge >= 0.3 is 0 Å². The summed E-state index contributed by atoms with van der Waals surface area (Å²) in [6, 6.07) is 10.7. The van der Waals surface area contributed by atoms with Gasteiger partial charge in [-0.25, -0.2) is 4.98 Å². The molecule has 0 aliphatic carbocycles. The van der Waals surface area contributed by atoms with Crippen LogP contribution in [0.3, 0.4) is 0 Å². The van der Waals surface area contributed by atoms with Crippen molar-refractivity contribution in [2.24, 2.45) is 5.92 Å². The molecular formula is C22H29N3O2S. The van der Waals surface area contributed by atoms with E-state index >= 15 is 0 Å². The Morgan fingerprint density at radius 3 is 2.57 bits per heavy atom. The highest BCUT2D eigenvalue weighted by Gasteiger charge is 2.27. The number of aromatic nitrogens is 1. The van der Waals surface area contributed by atoms with Crippen LogP contribution >= 0.6 is 11.3 Å². The molecule has 6 heteroatoms. The summed E-state index contributed by atoms with van der Waals surface area (Å²) in [6.07, 6.45) is 3.28. The summed E-state index contributed by atoms with van der Waals surface area (Å²) in [7, 11) is 0. The third-order valence-electron chi connectivity index (χ3n) is 5.77. The molecule has 2 aliphatic rings. The van der Waals surface area contributed by atoms with Gasteiger partial charge in [-0.1, -0.05) is 30.3 Å². The predicted octanol–water partition coefficient (Wildman–Crippen LogP) is 3.38. The molecule has 2 fully saturated rings. The van der Waals surface area contributed by atoms with Crippen LogP contribution in [0.25, 0.3) is 0 Å². The lowest BCUT2D eigenvalue weighted by Crippen LogP contribution is -2.38. The molecule has 150 valence electrons. The average molecular weight is 400 g/mol. The summed E-state index contributed by atoms with van der Waals surface area (Å²) < 4.78 is 5.41. The van der Waals surface area contributed by atoms with Crippen LogP contribution in [-0.4, -0.2) is 60.1 Å². The van der Waals surface area contributed by atoms with Crippen LogP contribution in [0.15, 0.2) is 30.3 Å². The van der Waals surface area contributed by atoms with Crippen molar-refractivity contribution in [3.8, 4) is 0 Å². The lowest BCUT2D eigenvalue weighted by Gasteiger charge is -2.32. The topological polar surface area (TPSA) is 45.7 Å². The second-order valence-corrected chi connectivity index (χ2v) is 8.92. The quantitative estimate of drug-likeness (QED) is 0.773. The Labute approximate surface area is 171 Å². The fourth-order valence-corrected chi connectivity index (χ4v) is 5.18. The van der Waals surface area contributed by atoms with E-state index in [4.69, 9.17) is 4.74 Å². The SMILES string of the molecule is Cc1nc(CN2CCOCC2)sc1C(=O)N1CCC(Cc2ccccc2)CC1. The summed E-state index contributed by atoms with van der Waals surface area (Å²) in [5.74, 6) is 0.840. The number of ether oxygens (including phenoxy) is 1. The van der Waals surface area contributed by atoms with Gasteiger partial charge in [0.2, 0.25) is 0 Å². The average Bonchev–Trinajstić information content (AvgIpc) is 3.09. The fourth-order valence-electron chi connectivity index (χ4n) is 4.10. The van der Waals surface area contributed by atoms with Crippen molar-refractivity contribution in [3.05, 3.63) is 51.5 Å². The van der Waals surface area contributed by atoms with E-state index in [-0.39, 0.29) is 5.91 Å². The van der Waals surface area contributed by atoms with Crippen molar-refractivity contribution in [1.29, 1.82) is 0 Å². The van der Waals surface area contributed by atoms with Gasteiger partial charge in [0.05, 0.1) is 25.5 Å². The Morgan fingerprint density at radius 1 is 1.14 bits per heavy atom. The summed E-state index contributed by atoms with van der Waals surface area (Å²) in [5.41, 5.74) is 2.28. The Kier molecular flexibility index (Phi) is 6.40. The number of amides is 1. The van der Waals surface area contributed by atoms with Gasteiger partial charge < -0.3 is 9.64 Å². The molecule has 0 bridgehead atoms. The van der Waals surface area contributed by atoms with Crippen molar-refractivity contribution in [2.45, 2.75) is 32.7 Å². The van der Waals surface area contributed by atoms with Crippen LogP contribution in [0.1, 0.15) is 38.8 Å². The van der Waals surface area contributed by atoms with E-state index in [0.29, 0.717) is 5.92 Å². The van der Waals surface area contributed by atoms with Gasteiger partial charge in [-0.2, -0.15) is 0 Å². The number of benzene rings is 1. The number of rotatable bonds is 5. The standard InChI is InChI=1S/C22H29N3O2S/c1-17-21(28-20(23-17)16-24-11-13-27-14-12-24)22(26)25-9-7-19(8-10-25)15-18-5-3-2-4-6-18/h2-6,19H,7-16H2,1H3. The molecule has 4 rings (SSSR count). The van der Waals surface area contributed by atoms with E-state index in [0.717, 1.165) is 80.8 Å². The second-order valence-electron chi connectivity index (χ2n) is 7.84. The lowest BCUT2D eigenvalue weighted by atomic mass is 9.90.